The Bertz CT molecular complexity index is 1520. The largest absolute Gasteiger partial charge is 0.507 e. The number of aliphatic hydroxyl groups excluding tert-OH is 1. The molecule has 0 unspecified atom stereocenters. The average Bonchev–Trinajstić information content (AvgIpc) is 3.61. The summed E-state index contributed by atoms with van der Waals surface area (Å²) in [7, 11) is 3.45. The Morgan fingerprint density at radius 3 is 2.60 bits per heavy atom. The summed E-state index contributed by atoms with van der Waals surface area (Å²) in [6, 6.07) is 0.374. The Morgan fingerprint density at radius 2 is 1.93 bits per heavy atom. The minimum atomic E-state index is -2.59. The van der Waals surface area contributed by atoms with Crippen molar-refractivity contribution in [2.45, 2.75) is 57.1 Å². The van der Waals surface area contributed by atoms with Gasteiger partial charge in [-0.15, -0.1) is 0 Å². The monoisotopic (exact) mass is 583 g/mol. The number of nitrogens with zero attached hydrogens (tertiary/aromatic N) is 3. The molecule has 11 nitrogen and oxygen atoms in total. The van der Waals surface area contributed by atoms with Crippen molar-refractivity contribution in [3.63, 3.8) is 0 Å². The van der Waals surface area contributed by atoms with E-state index in [1.54, 1.807) is 19.0 Å². The van der Waals surface area contributed by atoms with Crippen LogP contribution in [-0.2, 0) is 11.2 Å². The summed E-state index contributed by atoms with van der Waals surface area (Å²) in [6.45, 7) is 3.06. The molecule has 2 heterocycles. The van der Waals surface area contributed by atoms with Crippen LogP contribution in [0.4, 0.5) is 4.39 Å². The SMILES string of the molecule is CCCCOc1noc2c1C(=O)[C@@]1(O)C(=O)C3=C(O)c4c(cc(F)c(C(=O)N5CCCC5)c4O)C[C@H]3C[C@H]1[C@@H]2N(C)C. The van der Waals surface area contributed by atoms with Gasteiger partial charge in [0, 0.05) is 24.6 Å². The number of benzene rings is 1. The zero-order valence-corrected chi connectivity index (χ0v) is 23.8. The van der Waals surface area contributed by atoms with Crippen molar-refractivity contribution in [1.82, 2.24) is 15.0 Å². The summed E-state index contributed by atoms with van der Waals surface area (Å²) >= 11 is 0. The lowest BCUT2D eigenvalue weighted by atomic mass is 9.57. The van der Waals surface area contributed by atoms with Crippen molar-refractivity contribution < 1.29 is 43.4 Å². The first-order valence-electron chi connectivity index (χ1n) is 14.4. The highest BCUT2D eigenvalue weighted by Crippen LogP contribution is 2.56. The molecule has 0 spiro atoms. The van der Waals surface area contributed by atoms with Crippen molar-refractivity contribution in [2.75, 3.05) is 33.8 Å². The molecule has 0 bridgehead atoms. The zero-order valence-electron chi connectivity index (χ0n) is 23.8. The molecule has 1 aromatic heterocycles. The van der Waals surface area contributed by atoms with Crippen LogP contribution in [0, 0.1) is 17.7 Å². The lowest BCUT2D eigenvalue weighted by molar-refractivity contribution is -0.142. The molecule has 1 saturated carbocycles. The van der Waals surface area contributed by atoms with Gasteiger partial charge in [-0.1, -0.05) is 13.3 Å². The predicted octanol–water partition coefficient (Wildman–Crippen LogP) is 3.19. The molecule has 1 aromatic carbocycles. The molecule has 42 heavy (non-hydrogen) atoms. The number of aromatic nitrogens is 1. The molecular formula is C30H34FN3O8. The lowest BCUT2D eigenvalue weighted by Crippen LogP contribution is -2.63. The Balaban J connectivity index is 1.46. The summed E-state index contributed by atoms with van der Waals surface area (Å²) < 4.78 is 26.6. The number of rotatable bonds is 6. The summed E-state index contributed by atoms with van der Waals surface area (Å²) in [4.78, 5) is 44.4. The van der Waals surface area contributed by atoms with E-state index in [1.807, 2.05) is 6.92 Å². The molecule has 2 aromatic rings. The highest BCUT2D eigenvalue weighted by Gasteiger charge is 2.65. The molecule has 1 amide bonds. The van der Waals surface area contributed by atoms with Gasteiger partial charge in [0.1, 0.15) is 28.5 Å². The van der Waals surface area contributed by atoms with Crippen molar-refractivity contribution in [2.24, 2.45) is 11.8 Å². The maximum Gasteiger partial charge on any atom is 0.265 e. The quantitative estimate of drug-likeness (QED) is 0.341. The van der Waals surface area contributed by atoms with Gasteiger partial charge < -0.3 is 29.5 Å². The topological polar surface area (TPSA) is 154 Å². The summed E-state index contributed by atoms with van der Waals surface area (Å²) in [5, 5.41) is 38.6. The number of phenolic OH excluding ortho intramolecular Hbond substituents is 1. The van der Waals surface area contributed by atoms with E-state index in [4.69, 9.17) is 9.26 Å². The number of Topliss-reactive ketones (excluding diaryl/α,β-unsaturated/α-hetero) is 2. The smallest absolute Gasteiger partial charge is 0.265 e. The van der Waals surface area contributed by atoms with E-state index < -0.39 is 63.8 Å². The molecule has 3 aliphatic carbocycles. The van der Waals surface area contributed by atoms with Gasteiger partial charge in [-0.25, -0.2) is 4.39 Å². The molecule has 2 fully saturated rings. The summed E-state index contributed by atoms with van der Waals surface area (Å²) in [5.74, 6) is -6.60. The zero-order chi connectivity index (χ0) is 30.1. The van der Waals surface area contributed by atoms with Crippen LogP contribution >= 0.6 is 0 Å². The number of likely N-dealkylation sites (tertiary alicyclic amines) is 1. The van der Waals surface area contributed by atoms with E-state index in [1.165, 1.54) is 4.90 Å². The Morgan fingerprint density at radius 1 is 1.21 bits per heavy atom. The number of aliphatic hydroxyl groups is 2. The molecule has 4 aliphatic rings. The van der Waals surface area contributed by atoms with Crippen molar-refractivity contribution >= 4 is 23.2 Å². The van der Waals surface area contributed by atoms with Gasteiger partial charge in [0.15, 0.2) is 11.4 Å². The molecule has 6 rings (SSSR count). The number of unbranched alkanes of at least 4 members (excludes halogenated alkanes) is 1. The standard InChI is InChI=1S/C30H34FN3O8/c1-4-5-10-41-28-21-25(42-32-28)22(33(2)3)16-12-14-11-15-13-17(31)20(29(39)34-8-6-7-9-34)24(36)18(15)23(35)19(14)26(37)30(16,40)27(21)38/h13-14,16,22,35-36,40H,4-12H2,1-3H3/t14-,16-,22-,30-/m0/s1. The van der Waals surface area contributed by atoms with Gasteiger partial charge in [0.2, 0.25) is 11.6 Å². The fraction of sp³-hybridized carbons (Fsp3) is 0.533. The minimum Gasteiger partial charge on any atom is -0.507 e. The van der Waals surface area contributed by atoms with Gasteiger partial charge >= 0.3 is 0 Å². The van der Waals surface area contributed by atoms with Crippen LogP contribution in [0.2, 0.25) is 0 Å². The van der Waals surface area contributed by atoms with Crippen LogP contribution in [0.1, 0.15) is 82.7 Å². The van der Waals surface area contributed by atoms with Crippen LogP contribution < -0.4 is 4.74 Å². The predicted molar refractivity (Wildman–Crippen MR) is 146 cm³/mol. The third-order valence-corrected chi connectivity index (χ3v) is 9.18. The highest BCUT2D eigenvalue weighted by molar-refractivity contribution is 6.26. The van der Waals surface area contributed by atoms with Crippen LogP contribution in [0.15, 0.2) is 16.2 Å². The third kappa shape index (κ3) is 3.91. The minimum absolute atomic E-state index is 0.0404. The molecular weight excluding hydrogens is 549 g/mol. The Labute approximate surface area is 241 Å². The highest BCUT2D eigenvalue weighted by atomic mass is 19.1. The number of phenols is 1. The second-order valence-corrected chi connectivity index (χ2v) is 11.9. The first-order chi connectivity index (χ1) is 20.0. The van der Waals surface area contributed by atoms with E-state index in [-0.39, 0.29) is 53.4 Å². The summed E-state index contributed by atoms with van der Waals surface area (Å²) in [5.41, 5.74) is -3.52. The van der Waals surface area contributed by atoms with Gasteiger partial charge in [0.05, 0.1) is 18.2 Å². The van der Waals surface area contributed by atoms with E-state index in [0.29, 0.717) is 19.5 Å². The Kier molecular flexibility index (Phi) is 6.88. The van der Waals surface area contributed by atoms with Crippen molar-refractivity contribution in [3.05, 3.63) is 45.5 Å². The average molecular weight is 584 g/mol. The number of carbonyl (C=O) groups excluding carboxylic acids is 3. The van der Waals surface area contributed by atoms with Crippen LogP contribution in [0.5, 0.6) is 11.6 Å². The van der Waals surface area contributed by atoms with Gasteiger partial charge in [0.25, 0.3) is 11.8 Å². The number of aromatic hydroxyl groups is 1. The second kappa shape index (κ2) is 10.2. The number of hydrogen-bond donors (Lipinski definition) is 3. The van der Waals surface area contributed by atoms with Gasteiger partial charge in [-0.3, -0.25) is 19.3 Å². The molecule has 0 radical (unpaired) electrons. The second-order valence-electron chi connectivity index (χ2n) is 11.9. The lowest BCUT2D eigenvalue weighted by Gasteiger charge is -2.49. The number of fused-ring (bicyclic) bond motifs is 4. The summed E-state index contributed by atoms with van der Waals surface area (Å²) in [6.07, 6.45) is 3.14. The number of carbonyl (C=O) groups is 3. The Hall–Kier alpha value is -3.77. The van der Waals surface area contributed by atoms with E-state index >= 15 is 4.39 Å². The number of hydrogen-bond acceptors (Lipinski definition) is 10. The number of ether oxygens (including phenoxy) is 1. The van der Waals surface area contributed by atoms with Crippen molar-refractivity contribution in [1.29, 1.82) is 0 Å². The first kappa shape index (κ1) is 28.4. The van der Waals surface area contributed by atoms with E-state index in [0.717, 1.165) is 25.3 Å². The maximum atomic E-state index is 15.3. The number of halogens is 1. The maximum absolute atomic E-state index is 15.3. The normalized spacial score (nSPS) is 26.7. The molecule has 1 saturated heterocycles. The van der Waals surface area contributed by atoms with Crippen LogP contribution in [0.3, 0.4) is 0 Å². The third-order valence-electron chi connectivity index (χ3n) is 9.18. The molecule has 12 heteroatoms. The van der Waals surface area contributed by atoms with Gasteiger partial charge in [-0.2, -0.15) is 0 Å². The fourth-order valence-corrected chi connectivity index (χ4v) is 7.14. The van der Waals surface area contributed by atoms with E-state index in [2.05, 4.69) is 5.16 Å². The molecule has 4 atom stereocenters. The van der Waals surface area contributed by atoms with Crippen LogP contribution in [0.25, 0.3) is 5.76 Å². The molecule has 1 aliphatic heterocycles. The molecule has 3 N–H and O–H groups in total. The number of amides is 1. The van der Waals surface area contributed by atoms with Crippen LogP contribution in [-0.4, -0.2) is 87.1 Å². The van der Waals surface area contributed by atoms with Crippen molar-refractivity contribution in [3.8, 4) is 11.6 Å². The molecule has 224 valence electrons. The number of ketones is 2. The van der Waals surface area contributed by atoms with Gasteiger partial charge in [-0.05, 0) is 68.9 Å². The van der Waals surface area contributed by atoms with E-state index in [9.17, 15) is 29.7 Å². The fourth-order valence-electron chi connectivity index (χ4n) is 7.14. The first-order valence-corrected chi connectivity index (χ1v) is 14.4.